The summed E-state index contributed by atoms with van der Waals surface area (Å²) in [4.78, 5) is 12.2. The molecule has 7 heteroatoms. The van der Waals surface area contributed by atoms with E-state index in [1.165, 1.54) is 19.3 Å². The summed E-state index contributed by atoms with van der Waals surface area (Å²) in [5.41, 5.74) is 1.10. The summed E-state index contributed by atoms with van der Waals surface area (Å²) in [6, 6.07) is 1.74. The van der Waals surface area contributed by atoms with Crippen LogP contribution in [0.3, 0.4) is 0 Å². The molecule has 2 aromatic rings. The van der Waals surface area contributed by atoms with Crippen molar-refractivity contribution in [1.82, 2.24) is 20.7 Å². The molecule has 7 nitrogen and oxygen atoms in total. The number of hydrogen-bond acceptors (Lipinski definition) is 6. The fourth-order valence-electron chi connectivity index (χ4n) is 4.83. The van der Waals surface area contributed by atoms with Gasteiger partial charge in [-0.05, 0) is 49.4 Å². The van der Waals surface area contributed by atoms with Crippen LogP contribution >= 0.6 is 0 Å². The van der Waals surface area contributed by atoms with Crippen molar-refractivity contribution in [1.29, 1.82) is 0 Å². The lowest BCUT2D eigenvalue weighted by atomic mass is 9.89. The van der Waals surface area contributed by atoms with E-state index in [9.17, 15) is 4.79 Å². The first kappa shape index (κ1) is 15.8. The highest BCUT2D eigenvalue weighted by atomic mass is 16.5. The van der Waals surface area contributed by atoms with E-state index in [2.05, 4.69) is 32.8 Å². The zero-order valence-corrected chi connectivity index (χ0v) is 14.8. The van der Waals surface area contributed by atoms with Crippen LogP contribution in [0, 0.1) is 30.1 Å². The number of allylic oxidation sites excluding steroid dienone is 2. The molecule has 1 amide bonds. The van der Waals surface area contributed by atoms with Gasteiger partial charge in [0.05, 0.1) is 0 Å². The van der Waals surface area contributed by atoms with Crippen LogP contribution in [0.25, 0.3) is 11.6 Å². The molecule has 3 atom stereocenters. The number of hydrogen-bond donors (Lipinski definition) is 1. The molecule has 5 rings (SSSR count). The van der Waals surface area contributed by atoms with Crippen LogP contribution < -0.4 is 5.32 Å². The van der Waals surface area contributed by atoms with Gasteiger partial charge in [0, 0.05) is 25.5 Å². The normalized spacial score (nSPS) is 27.3. The van der Waals surface area contributed by atoms with Gasteiger partial charge in [-0.2, -0.15) is 0 Å². The van der Waals surface area contributed by atoms with Crippen LogP contribution in [0.5, 0.6) is 0 Å². The minimum absolute atomic E-state index is 0.0404. The predicted molar refractivity (Wildman–Crippen MR) is 91.8 cm³/mol. The monoisotopic (exact) mass is 354 g/mol. The molecule has 26 heavy (non-hydrogen) atoms. The van der Waals surface area contributed by atoms with Crippen molar-refractivity contribution in [2.45, 2.75) is 39.0 Å². The molecule has 1 N–H and O–H groups in total. The van der Waals surface area contributed by atoms with Crippen LogP contribution in [-0.4, -0.2) is 27.8 Å². The van der Waals surface area contributed by atoms with Crippen LogP contribution in [0.4, 0.5) is 0 Å². The summed E-state index contributed by atoms with van der Waals surface area (Å²) in [7, 11) is 0. The minimum Gasteiger partial charge on any atom is -0.419 e. The Morgan fingerprint density at radius 3 is 2.96 bits per heavy atom. The Bertz CT molecular complexity index is 864. The minimum atomic E-state index is 0.0404. The first-order valence-corrected chi connectivity index (χ1v) is 9.35. The highest BCUT2D eigenvalue weighted by molar-refractivity contribution is 5.76. The average Bonchev–Trinajstić information content (AvgIpc) is 2.93. The topological polar surface area (TPSA) is 94.1 Å². The molecule has 1 spiro atoms. The van der Waals surface area contributed by atoms with Gasteiger partial charge in [-0.15, -0.1) is 10.2 Å². The maximum atomic E-state index is 12.2. The van der Waals surface area contributed by atoms with E-state index < -0.39 is 0 Å². The summed E-state index contributed by atoms with van der Waals surface area (Å²) >= 11 is 0. The molecule has 0 radical (unpaired) electrons. The molecule has 0 unspecified atom stereocenters. The van der Waals surface area contributed by atoms with E-state index in [4.69, 9.17) is 8.94 Å². The Morgan fingerprint density at radius 1 is 1.35 bits per heavy atom. The molecule has 2 saturated carbocycles. The smallest absolute Gasteiger partial charge is 0.269 e. The second kappa shape index (κ2) is 5.79. The number of rotatable bonds is 6. The lowest BCUT2D eigenvalue weighted by Crippen LogP contribution is -2.31. The van der Waals surface area contributed by atoms with Crippen molar-refractivity contribution in [2.75, 3.05) is 6.54 Å². The molecule has 3 aliphatic carbocycles. The number of nitrogens with one attached hydrogen (secondary N) is 1. The lowest BCUT2D eigenvalue weighted by molar-refractivity contribution is -0.121. The Hall–Kier alpha value is -2.44. The van der Waals surface area contributed by atoms with E-state index in [0.717, 1.165) is 12.5 Å². The molecule has 3 aliphatic rings. The van der Waals surface area contributed by atoms with E-state index >= 15 is 0 Å². The maximum Gasteiger partial charge on any atom is 0.269 e. The molecule has 136 valence electrons. The molecule has 0 aromatic carbocycles. The first-order chi connectivity index (χ1) is 12.6. The fourth-order valence-corrected chi connectivity index (χ4v) is 4.83. The third-order valence-corrected chi connectivity index (χ3v) is 6.29. The molecule has 2 aromatic heterocycles. The molecule has 2 bridgehead atoms. The zero-order valence-electron chi connectivity index (χ0n) is 14.8. The van der Waals surface area contributed by atoms with Crippen LogP contribution in [0.2, 0.25) is 0 Å². The highest BCUT2D eigenvalue weighted by Crippen LogP contribution is 2.69. The maximum absolute atomic E-state index is 12.2. The van der Waals surface area contributed by atoms with Gasteiger partial charge in [0.25, 0.3) is 5.89 Å². The Labute approximate surface area is 151 Å². The molecular weight excluding hydrogens is 332 g/mol. The van der Waals surface area contributed by atoms with E-state index in [1.54, 1.807) is 13.0 Å². The predicted octanol–water partition coefficient (Wildman–Crippen LogP) is 2.68. The van der Waals surface area contributed by atoms with Gasteiger partial charge in [0.2, 0.25) is 11.8 Å². The molecule has 2 fully saturated rings. The quantitative estimate of drug-likeness (QED) is 0.802. The second-order valence-electron chi connectivity index (χ2n) is 7.87. The van der Waals surface area contributed by atoms with Gasteiger partial charge >= 0.3 is 0 Å². The van der Waals surface area contributed by atoms with Crippen molar-refractivity contribution in [3.63, 3.8) is 0 Å². The van der Waals surface area contributed by atoms with Crippen molar-refractivity contribution in [3.8, 4) is 11.6 Å². The summed E-state index contributed by atoms with van der Waals surface area (Å²) in [5.74, 6) is 3.52. The third kappa shape index (κ3) is 2.57. The molecular formula is C19H22N4O3. The van der Waals surface area contributed by atoms with E-state index in [-0.39, 0.29) is 5.91 Å². The number of aromatic nitrogens is 3. The largest absolute Gasteiger partial charge is 0.419 e. The van der Waals surface area contributed by atoms with Gasteiger partial charge in [-0.25, -0.2) is 0 Å². The van der Waals surface area contributed by atoms with Crippen LogP contribution in [0.15, 0.2) is 27.2 Å². The van der Waals surface area contributed by atoms with Crippen LogP contribution in [-0.2, 0) is 11.2 Å². The van der Waals surface area contributed by atoms with Crippen molar-refractivity contribution >= 4 is 5.91 Å². The standard InChI is InChI=1S/C19H22N4O3/c1-11-8-15(23-26-11)18-22-21-17(25-18)5-4-16(24)20-10-12-9-13-2-3-14(12)19(13)6-7-19/h2-3,8,12-14H,4-7,9-10H2,1H3,(H,20,24)/t12-,13-,14-/m0/s1. The second-order valence-corrected chi connectivity index (χ2v) is 7.87. The lowest BCUT2D eigenvalue weighted by Gasteiger charge is -2.20. The Balaban J connectivity index is 1.11. The summed E-state index contributed by atoms with van der Waals surface area (Å²) in [6.45, 7) is 2.58. The van der Waals surface area contributed by atoms with E-state index in [0.29, 0.717) is 53.3 Å². The van der Waals surface area contributed by atoms with Crippen molar-refractivity contribution < 1.29 is 13.7 Å². The number of amides is 1. The van der Waals surface area contributed by atoms with E-state index in [1.807, 2.05) is 0 Å². The Kier molecular flexibility index (Phi) is 3.52. The van der Waals surface area contributed by atoms with Gasteiger partial charge in [0.15, 0.2) is 5.69 Å². The average molecular weight is 354 g/mol. The highest BCUT2D eigenvalue weighted by Gasteiger charge is 2.62. The van der Waals surface area contributed by atoms with Gasteiger partial charge in [-0.1, -0.05) is 17.3 Å². The molecule has 0 saturated heterocycles. The SMILES string of the molecule is Cc1cc(-c2nnc(CCC(=O)NC[C@@H]3C[C@@H]4C=C[C@@H]3C43CC3)o2)no1. The Morgan fingerprint density at radius 2 is 2.23 bits per heavy atom. The summed E-state index contributed by atoms with van der Waals surface area (Å²) < 4.78 is 10.6. The van der Waals surface area contributed by atoms with Crippen molar-refractivity contribution in [2.24, 2.45) is 23.2 Å². The van der Waals surface area contributed by atoms with Crippen molar-refractivity contribution in [3.05, 3.63) is 29.9 Å². The van der Waals surface area contributed by atoms with Gasteiger partial charge < -0.3 is 14.3 Å². The molecule has 0 aliphatic heterocycles. The number of nitrogens with zero attached hydrogens (tertiary/aromatic N) is 3. The first-order valence-electron chi connectivity index (χ1n) is 9.35. The zero-order chi connectivity index (χ0) is 17.7. The fraction of sp³-hybridized carbons (Fsp3) is 0.579. The third-order valence-electron chi connectivity index (χ3n) is 6.29. The summed E-state index contributed by atoms with van der Waals surface area (Å²) in [5, 5.41) is 14.9. The van der Waals surface area contributed by atoms with Gasteiger partial charge in [-0.3, -0.25) is 4.79 Å². The number of carbonyl (C=O) groups is 1. The number of carbonyl (C=O) groups excluding carboxylic acids is 1. The van der Waals surface area contributed by atoms with Gasteiger partial charge in [0.1, 0.15) is 5.76 Å². The molecule has 2 heterocycles. The summed E-state index contributed by atoms with van der Waals surface area (Å²) in [6.07, 6.45) is 9.53. The number of aryl methyl sites for hydroxylation is 2. The van der Waals surface area contributed by atoms with Crippen LogP contribution in [0.1, 0.15) is 37.3 Å².